The molecular weight excluding hydrogens is 274 g/mol. The fraction of sp³-hybridized carbons (Fsp3) is 0.857. The molecule has 118 valence electrons. The SMILES string of the molecule is C=CCN(CCC)S(=O)(=O)N1CCC(CNCC)CC1. The van der Waals surface area contributed by atoms with Gasteiger partial charge in [0.05, 0.1) is 0 Å². The van der Waals surface area contributed by atoms with Gasteiger partial charge in [-0.2, -0.15) is 17.0 Å². The molecule has 0 bridgehead atoms. The lowest BCUT2D eigenvalue weighted by atomic mass is 9.98. The summed E-state index contributed by atoms with van der Waals surface area (Å²) in [6, 6.07) is 0. The van der Waals surface area contributed by atoms with Crippen molar-refractivity contribution in [2.24, 2.45) is 5.92 Å². The van der Waals surface area contributed by atoms with E-state index in [-0.39, 0.29) is 0 Å². The number of rotatable bonds is 9. The molecule has 1 aliphatic rings. The lowest BCUT2D eigenvalue weighted by Crippen LogP contribution is -2.48. The zero-order valence-electron chi connectivity index (χ0n) is 12.8. The molecule has 0 aromatic carbocycles. The molecule has 1 aliphatic heterocycles. The molecule has 6 heteroatoms. The topological polar surface area (TPSA) is 52.7 Å². The van der Waals surface area contributed by atoms with Gasteiger partial charge in [0.2, 0.25) is 0 Å². The summed E-state index contributed by atoms with van der Waals surface area (Å²) in [5.74, 6) is 0.598. The van der Waals surface area contributed by atoms with Crippen molar-refractivity contribution in [3.05, 3.63) is 12.7 Å². The van der Waals surface area contributed by atoms with Crippen molar-refractivity contribution in [3.8, 4) is 0 Å². The van der Waals surface area contributed by atoms with Crippen LogP contribution in [-0.2, 0) is 10.2 Å². The predicted octanol–water partition coefficient (Wildman–Crippen LogP) is 1.45. The first-order chi connectivity index (χ1) is 9.56. The largest absolute Gasteiger partial charge is 0.317 e. The van der Waals surface area contributed by atoms with Crippen molar-refractivity contribution >= 4 is 10.2 Å². The van der Waals surface area contributed by atoms with Crippen LogP contribution >= 0.6 is 0 Å². The molecule has 0 unspecified atom stereocenters. The van der Waals surface area contributed by atoms with E-state index in [0.717, 1.165) is 32.4 Å². The summed E-state index contributed by atoms with van der Waals surface area (Å²) in [4.78, 5) is 0. The second-order valence-corrected chi connectivity index (χ2v) is 7.23. The minimum atomic E-state index is -3.32. The molecule has 0 aromatic heterocycles. The Bertz CT molecular complexity index is 376. The number of piperidine rings is 1. The maximum atomic E-state index is 12.6. The molecule has 0 aromatic rings. The average Bonchev–Trinajstić information content (AvgIpc) is 2.45. The number of hydrogen-bond donors (Lipinski definition) is 1. The fourth-order valence-electron chi connectivity index (χ4n) is 2.55. The Morgan fingerprint density at radius 1 is 1.35 bits per heavy atom. The van der Waals surface area contributed by atoms with Crippen LogP contribution in [0.5, 0.6) is 0 Å². The molecular formula is C14H29N3O2S. The van der Waals surface area contributed by atoms with E-state index in [1.807, 2.05) is 6.92 Å². The van der Waals surface area contributed by atoms with Crippen LogP contribution in [0.4, 0.5) is 0 Å². The van der Waals surface area contributed by atoms with E-state index in [1.54, 1.807) is 10.4 Å². The first-order valence-electron chi connectivity index (χ1n) is 7.63. The van der Waals surface area contributed by atoms with Crippen LogP contribution in [0.3, 0.4) is 0 Å². The summed E-state index contributed by atoms with van der Waals surface area (Å²) in [6.07, 6.45) is 4.37. The van der Waals surface area contributed by atoms with Crippen LogP contribution in [0, 0.1) is 5.92 Å². The van der Waals surface area contributed by atoms with Crippen molar-refractivity contribution in [2.75, 3.05) is 39.3 Å². The molecule has 0 aliphatic carbocycles. The summed E-state index contributed by atoms with van der Waals surface area (Å²) >= 11 is 0. The van der Waals surface area contributed by atoms with Crippen molar-refractivity contribution in [3.63, 3.8) is 0 Å². The van der Waals surface area contributed by atoms with Crippen LogP contribution in [0.15, 0.2) is 12.7 Å². The quantitative estimate of drug-likeness (QED) is 0.656. The van der Waals surface area contributed by atoms with E-state index in [4.69, 9.17) is 0 Å². The van der Waals surface area contributed by atoms with Gasteiger partial charge in [-0.05, 0) is 38.3 Å². The number of hydrogen-bond acceptors (Lipinski definition) is 3. The van der Waals surface area contributed by atoms with E-state index in [9.17, 15) is 8.42 Å². The molecule has 0 spiro atoms. The van der Waals surface area contributed by atoms with Gasteiger partial charge in [0, 0.05) is 26.2 Å². The van der Waals surface area contributed by atoms with Crippen molar-refractivity contribution in [2.45, 2.75) is 33.1 Å². The first-order valence-corrected chi connectivity index (χ1v) is 9.02. The Morgan fingerprint density at radius 3 is 2.50 bits per heavy atom. The minimum Gasteiger partial charge on any atom is -0.317 e. The average molecular weight is 303 g/mol. The van der Waals surface area contributed by atoms with Gasteiger partial charge < -0.3 is 5.32 Å². The smallest absolute Gasteiger partial charge is 0.282 e. The van der Waals surface area contributed by atoms with Gasteiger partial charge in [0.15, 0.2) is 0 Å². The maximum absolute atomic E-state index is 12.6. The van der Waals surface area contributed by atoms with Gasteiger partial charge in [-0.25, -0.2) is 0 Å². The van der Waals surface area contributed by atoms with E-state index in [2.05, 4.69) is 18.8 Å². The molecule has 1 heterocycles. The Hall–Kier alpha value is -0.430. The molecule has 1 saturated heterocycles. The fourth-order valence-corrected chi connectivity index (χ4v) is 4.26. The van der Waals surface area contributed by atoms with Gasteiger partial charge >= 0.3 is 0 Å². The molecule has 1 rings (SSSR count). The third kappa shape index (κ3) is 4.84. The summed E-state index contributed by atoms with van der Waals surface area (Å²) < 4.78 is 28.3. The zero-order chi connectivity index (χ0) is 15.0. The highest BCUT2D eigenvalue weighted by atomic mass is 32.2. The van der Waals surface area contributed by atoms with E-state index in [1.165, 1.54) is 4.31 Å². The lowest BCUT2D eigenvalue weighted by Gasteiger charge is -2.34. The Morgan fingerprint density at radius 2 is 2.00 bits per heavy atom. The molecule has 0 radical (unpaired) electrons. The number of nitrogens with one attached hydrogen (secondary N) is 1. The second kappa shape index (κ2) is 8.77. The van der Waals surface area contributed by atoms with Crippen LogP contribution in [0.1, 0.15) is 33.1 Å². The van der Waals surface area contributed by atoms with Gasteiger partial charge in [-0.15, -0.1) is 6.58 Å². The Kier molecular flexibility index (Phi) is 7.72. The lowest BCUT2D eigenvalue weighted by molar-refractivity contribution is 0.252. The highest BCUT2D eigenvalue weighted by Gasteiger charge is 2.31. The normalized spacial score (nSPS) is 18.6. The molecule has 0 amide bonds. The minimum absolute atomic E-state index is 0.396. The van der Waals surface area contributed by atoms with Gasteiger partial charge in [-0.1, -0.05) is 19.9 Å². The Labute approximate surface area is 124 Å². The second-order valence-electron chi connectivity index (χ2n) is 5.30. The molecule has 20 heavy (non-hydrogen) atoms. The molecule has 0 atom stereocenters. The standard InChI is InChI=1S/C14H29N3O2S/c1-4-9-16(10-5-2)20(18,19)17-11-7-14(8-12-17)13-15-6-3/h4,14-15H,1,5-13H2,2-3H3. The van der Waals surface area contributed by atoms with Crippen LogP contribution in [0.2, 0.25) is 0 Å². The summed E-state index contributed by atoms with van der Waals surface area (Å²) in [7, 11) is -3.32. The third-order valence-corrected chi connectivity index (χ3v) is 5.72. The van der Waals surface area contributed by atoms with Crippen molar-refractivity contribution < 1.29 is 8.42 Å². The van der Waals surface area contributed by atoms with E-state index in [0.29, 0.717) is 32.1 Å². The van der Waals surface area contributed by atoms with Crippen molar-refractivity contribution in [1.82, 2.24) is 13.9 Å². The monoisotopic (exact) mass is 303 g/mol. The van der Waals surface area contributed by atoms with E-state index >= 15 is 0 Å². The number of nitrogens with zero attached hydrogens (tertiary/aromatic N) is 2. The summed E-state index contributed by atoms with van der Waals surface area (Å²) in [5, 5.41) is 3.34. The maximum Gasteiger partial charge on any atom is 0.282 e. The highest BCUT2D eigenvalue weighted by molar-refractivity contribution is 7.86. The van der Waals surface area contributed by atoms with Gasteiger partial charge in [0.1, 0.15) is 0 Å². The predicted molar refractivity (Wildman–Crippen MR) is 83.8 cm³/mol. The van der Waals surface area contributed by atoms with Crippen LogP contribution in [-0.4, -0.2) is 56.3 Å². The van der Waals surface area contributed by atoms with E-state index < -0.39 is 10.2 Å². The molecule has 1 fully saturated rings. The van der Waals surface area contributed by atoms with Crippen LogP contribution in [0.25, 0.3) is 0 Å². The third-order valence-electron chi connectivity index (χ3n) is 3.71. The van der Waals surface area contributed by atoms with Gasteiger partial charge in [0.25, 0.3) is 10.2 Å². The van der Waals surface area contributed by atoms with Crippen molar-refractivity contribution in [1.29, 1.82) is 0 Å². The Balaban J connectivity index is 2.58. The summed E-state index contributed by atoms with van der Waals surface area (Å²) in [6.45, 7) is 11.9. The van der Waals surface area contributed by atoms with Crippen LogP contribution < -0.4 is 5.32 Å². The first kappa shape index (κ1) is 17.6. The summed E-state index contributed by atoms with van der Waals surface area (Å²) in [5.41, 5.74) is 0. The van der Waals surface area contributed by atoms with Gasteiger partial charge in [-0.3, -0.25) is 0 Å². The highest BCUT2D eigenvalue weighted by Crippen LogP contribution is 2.21. The molecule has 1 N–H and O–H groups in total. The molecule has 5 nitrogen and oxygen atoms in total. The molecule has 0 saturated carbocycles. The zero-order valence-corrected chi connectivity index (χ0v) is 13.7.